The second-order valence-electron chi connectivity index (χ2n) is 4.19. The maximum Gasteiger partial charge on any atom is 0.346 e. The molecule has 2 N–H and O–H groups in total. The third kappa shape index (κ3) is 3.62. The maximum atomic E-state index is 13.1. The first kappa shape index (κ1) is 15.5. The average Bonchev–Trinajstić information content (AvgIpc) is 2.38. The molecular weight excluding hydrogens is 319 g/mol. The monoisotopic (exact) mass is 328 g/mol. The van der Waals surface area contributed by atoms with Crippen molar-refractivity contribution in [1.82, 2.24) is 9.97 Å². The highest BCUT2D eigenvalue weighted by atomic mass is 35.5. The topological polar surface area (TPSA) is 83.0 Å². The molecule has 0 aliphatic heterocycles. The van der Waals surface area contributed by atoms with Crippen molar-refractivity contribution < 1.29 is 14.3 Å². The molecule has 0 bridgehead atoms. The summed E-state index contributed by atoms with van der Waals surface area (Å²) in [5.74, 6) is -1.38. The maximum absolute atomic E-state index is 13.1. The van der Waals surface area contributed by atoms with Crippen LogP contribution in [0.25, 0.3) is 0 Å². The molecule has 0 amide bonds. The van der Waals surface area contributed by atoms with Gasteiger partial charge in [0.25, 0.3) is 0 Å². The van der Waals surface area contributed by atoms with E-state index in [1.165, 1.54) is 25.1 Å². The van der Waals surface area contributed by atoms with Crippen LogP contribution in [-0.2, 0) is 5.75 Å². The lowest BCUT2D eigenvalue weighted by Gasteiger charge is -2.07. The molecule has 1 heterocycles. The number of aromatic amines is 1. The number of thioether (sulfide) groups is 1. The van der Waals surface area contributed by atoms with Gasteiger partial charge in [-0.3, -0.25) is 0 Å². The van der Waals surface area contributed by atoms with Gasteiger partial charge in [0, 0.05) is 11.4 Å². The van der Waals surface area contributed by atoms with E-state index in [4.69, 9.17) is 16.7 Å². The third-order valence-electron chi connectivity index (χ3n) is 2.66. The number of nitrogens with one attached hydrogen (secondary N) is 1. The molecule has 21 heavy (non-hydrogen) atoms. The fraction of sp³-hybridized carbons (Fsp3) is 0.154. The lowest BCUT2D eigenvalue weighted by atomic mass is 10.2. The first-order valence-electron chi connectivity index (χ1n) is 5.79. The second-order valence-corrected chi connectivity index (χ2v) is 5.56. The van der Waals surface area contributed by atoms with Crippen LogP contribution in [0.3, 0.4) is 0 Å². The number of benzene rings is 1. The Morgan fingerprint density at radius 1 is 1.52 bits per heavy atom. The Morgan fingerprint density at radius 3 is 2.86 bits per heavy atom. The van der Waals surface area contributed by atoms with Crippen LogP contribution in [0, 0.1) is 12.7 Å². The number of H-pyrrole nitrogens is 1. The van der Waals surface area contributed by atoms with Crippen LogP contribution in [0.5, 0.6) is 0 Å². The van der Waals surface area contributed by atoms with Gasteiger partial charge in [-0.2, -0.15) is 4.98 Å². The average molecular weight is 329 g/mol. The number of aromatic carboxylic acids is 1. The molecule has 8 heteroatoms. The highest BCUT2D eigenvalue weighted by Gasteiger charge is 2.17. The fourth-order valence-electron chi connectivity index (χ4n) is 1.70. The second kappa shape index (κ2) is 6.28. The zero-order valence-electron chi connectivity index (χ0n) is 10.8. The summed E-state index contributed by atoms with van der Waals surface area (Å²) in [7, 11) is 0. The number of carbonyl (C=O) groups is 1. The van der Waals surface area contributed by atoms with Crippen molar-refractivity contribution in [1.29, 1.82) is 0 Å². The Labute approximate surface area is 128 Å². The van der Waals surface area contributed by atoms with Crippen molar-refractivity contribution in [2.24, 2.45) is 0 Å². The van der Waals surface area contributed by atoms with E-state index in [1.807, 2.05) is 0 Å². The summed E-state index contributed by atoms with van der Waals surface area (Å²) in [5.41, 5.74) is 0.273. The summed E-state index contributed by atoms with van der Waals surface area (Å²) in [5, 5.41) is 9.27. The van der Waals surface area contributed by atoms with Gasteiger partial charge >= 0.3 is 11.7 Å². The van der Waals surface area contributed by atoms with Crippen molar-refractivity contribution in [3.8, 4) is 0 Å². The van der Waals surface area contributed by atoms with Gasteiger partial charge < -0.3 is 10.1 Å². The summed E-state index contributed by atoms with van der Waals surface area (Å²) in [4.78, 5) is 28.6. The zero-order chi connectivity index (χ0) is 15.6. The molecule has 0 atom stereocenters. The molecule has 0 spiro atoms. The van der Waals surface area contributed by atoms with Gasteiger partial charge in [0.1, 0.15) is 16.4 Å². The van der Waals surface area contributed by atoms with Crippen LogP contribution < -0.4 is 5.69 Å². The number of rotatable bonds is 4. The van der Waals surface area contributed by atoms with Gasteiger partial charge in [0.15, 0.2) is 0 Å². The highest BCUT2D eigenvalue weighted by molar-refractivity contribution is 7.98. The van der Waals surface area contributed by atoms with Crippen LogP contribution in [0.2, 0.25) is 5.02 Å². The Hall–Kier alpha value is -1.86. The molecule has 5 nitrogen and oxygen atoms in total. The summed E-state index contributed by atoms with van der Waals surface area (Å²) in [6.07, 6.45) is 0. The quantitative estimate of drug-likeness (QED) is 0.666. The Kier molecular flexibility index (Phi) is 4.64. The number of aryl methyl sites for hydroxylation is 1. The van der Waals surface area contributed by atoms with Crippen LogP contribution in [0.1, 0.15) is 21.6 Å². The summed E-state index contributed by atoms with van der Waals surface area (Å²) in [6, 6.07) is 4.21. The molecular formula is C13H10ClFN2O3S. The van der Waals surface area contributed by atoms with Crippen LogP contribution in [0.15, 0.2) is 28.0 Å². The number of carboxylic acids is 1. The number of hydrogen-bond donors (Lipinski definition) is 2. The van der Waals surface area contributed by atoms with E-state index >= 15 is 0 Å². The van der Waals surface area contributed by atoms with E-state index in [0.717, 1.165) is 11.8 Å². The molecule has 110 valence electrons. The highest BCUT2D eigenvalue weighted by Crippen LogP contribution is 2.26. The normalized spacial score (nSPS) is 10.6. The minimum atomic E-state index is -1.17. The molecule has 1 aromatic carbocycles. The summed E-state index contributed by atoms with van der Waals surface area (Å²) in [6.45, 7) is 1.49. The van der Waals surface area contributed by atoms with Gasteiger partial charge in [-0.15, -0.1) is 11.8 Å². The number of carboxylic acid groups (broad SMARTS) is 1. The van der Waals surface area contributed by atoms with Crippen LogP contribution >= 0.6 is 23.4 Å². The van der Waals surface area contributed by atoms with Crippen molar-refractivity contribution >= 4 is 29.3 Å². The third-order valence-corrected chi connectivity index (χ3v) is 4.00. The van der Waals surface area contributed by atoms with E-state index in [9.17, 15) is 14.0 Å². The number of aromatic nitrogens is 2. The summed E-state index contributed by atoms with van der Waals surface area (Å²) >= 11 is 6.76. The zero-order valence-corrected chi connectivity index (χ0v) is 12.4. The Bertz CT molecular complexity index is 764. The predicted octanol–water partition coefficient (Wildman–Crippen LogP) is 2.86. The number of halogens is 2. The Morgan fingerprint density at radius 2 is 2.24 bits per heavy atom. The van der Waals surface area contributed by atoms with Crippen LogP contribution in [-0.4, -0.2) is 21.0 Å². The van der Waals surface area contributed by atoms with E-state index in [1.54, 1.807) is 0 Å². The van der Waals surface area contributed by atoms with Gasteiger partial charge in [-0.05, 0) is 24.6 Å². The van der Waals surface area contributed by atoms with Gasteiger partial charge in [0.2, 0.25) is 0 Å². The molecule has 0 saturated heterocycles. The molecule has 0 unspecified atom stereocenters. The summed E-state index contributed by atoms with van der Waals surface area (Å²) < 4.78 is 13.1. The van der Waals surface area contributed by atoms with Crippen molar-refractivity contribution in [3.05, 3.63) is 56.3 Å². The van der Waals surface area contributed by atoms with Crippen molar-refractivity contribution in [2.45, 2.75) is 17.7 Å². The van der Waals surface area contributed by atoms with E-state index in [2.05, 4.69) is 9.97 Å². The number of hydrogen-bond acceptors (Lipinski definition) is 4. The van der Waals surface area contributed by atoms with Crippen LogP contribution in [0.4, 0.5) is 4.39 Å². The SMILES string of the molecule is Cc1[nH]c(=O)nc(SCc2ccc(F)c(Cl)c2)c1C(=O)O. The first-order chi connectivity index (χ1) is 9.88. The smallest absolute Gasteiger partial charge is 0.346 e. The van der Waals surface area contributed by atoms with E-state index < -0.39 is 17.5 Å². The first-order valence-corrected chi connectivity index (χ1v) is 7.15. The van der Waals surface area contributed by atoms with Gasteiger partial charge in [-0.25, -0.2) is 14.0 Å². The van der Waals surface area contributed by atoms with Gasteiger partial charge in [0.05, 0.1) is 5.02 Å². The largest absolute Gasteiger partial charge is 0.478 e. The molecule has 0 saturated carbocycles. The molecule has 0 fully saturated rings. The molecule has 2 aromatic rings. The van der Waals surface area contributed by atoms with Crippen molar-refractivity contribution in [3.63, 3.8) is 0 Å². The van der Waals surface area contributed by atoms with E-state index in [-0.39, 0.29) is 21.3 Å². The predicted molar refractivity (Wildman–Crippen MR) is 77.5 cm³/mol. The molecule has 0 aliphatic rings. The standard InChI is InChI=1S/C13H10ClFN2O3S/c1-6-10(12(18)19)11(17-13(20)16-6)21-5-7-2-3-9(15)8(14)4-7/h2-4H,5H2,1H3,(H,18,19)(H,16,17,20). The lowest BCUT2D eigenvalue weighted by molar-refractivity contribution is 0.0690. The van der Waals surface area contributed by atoms with Crippen molar-refractivity contribution in [2.75, 3.05) is 0 Å². The van der Waals surface area contributed by atoms with Gasteiger partial charge in [-0.1, -0.05) is 17.7 Å². The molecule has 0 radical (unpaired) electrons. The molecule has 1 aromatic heterocycles. The fourth-order valence-corrected chi connectivity index (χ4v) is 2.92. The lowest BCUT2D eigenvalue weighted by Crippen LogP contribution is -2.18. The Balaban J connectivity index is 2.29. The number of nitrogens with zero attached hydrogens (tertiary/aromatic N) is 1. The van der Waals surface area contributed by atoms with E-state index in [0.29, 0.717) is 11.3 Å². The minimum Gasteiger partial charge on any atom is -0.478 e. The molecule has 2 rings (SSSR count). The minimum absolute atomic E-state index is 0.0124. The molecule has 0 aliphatic carbocycles.